The van der Waals surface area contributed by atoms with Gasteiger partial charge in [0.15, 0.2) is 0 Å². The first-order chi connectivity index (χ1) is 14.6. The third kappa shape index (κ3) is 4.15. The number of aliphatic hydroxyl groups is 1. The van der Waals surface area contributed by atoms with Crippen molar-refractivity contribution < 1.29 is 14.6 Å². The largest absolute Gasteiger partial charge is 0.395 e. The van der Waals surface area contributed by atoms with Crippen LogP contribution in [0.4, 0.5) is 0 Å². The molecule has 2 fully saturated rings. The molecular formula is C25H32N2O3. The number of hydrogen-bond donors (Lipinski definition) is 1. The van der Waals surface area contributed by atoms with Crippen molar-refractivity contribution in [1.29, 1.82) is 0 Å². The van der Waals surface area contributed by atoms with Gasteiger partial charge in [0.1, 0.15) is 6.61 Å². The molecule has 0 bridgehead atoms. The molecule has 0 radical (unpaired) electrons. The summed E-state index contributed by atoms with van der Waals surface area (Å²) >= 11 is 0. The van der Waals surface area contributed by atoms with Crippen LogP contribution in [0.5, 0.6) is 0 Å². The summed E-state index contributed by atoms with van der Waals surface area (Å²) in [4.78, 5) is 16.8. The zero-order valence-corrected chi connectivity index (χ0v) is 18.0. The number of benzene rings is 2. The molecule has 0 aromatic heterocycles. The van der Waals surface area contributed by atoms with Crippen LogP contribution in [-0.2, 0) is 9.53 Å². The molecule has 2 saturated heterocycles. The number of rotatable bonds is 5. The number of ether oxygens (including phenoxy) is 1. The van der Waals surface area contributed by atoms with Crippen LogP contribution < -0.4 is 0 Å². The van der Waals surface area contributed by atoms with E-state index >= 15 is 0 Å². The molecule has 0 aliphatic carbocycles. The highest BCUT2D eigenvalue weighted by Crippen LogP contribution is 2.42. The highest BCUT2D eigenvalue weighted by molar-refractivity contribution is 5.77. The molecule has 2 aromatic carbocycles. The first-order valence-electron chi connectivity index (χ1n) is 10.9. The molecule has 2 aliphatic heterocycles. The third-order valence-electron chi connectivity index (χ3n) is 6.64. The Balaban J connectivity index is 1.56. The van der Waals surface area contributed by atoms with Crippen molar-refractivity contribution in [1.82, 2.24) is 9.80 Å². The van der Waals surface area contributed by atoms with Crippen molar-refractivity contribution >= 4 is 5.91 Å². The molecule has 5 nitrogen and oxygen atoms in total. The van der Waals surface area contributed by atoms with Crippen molar-refractivity contribution in [2.24, 2.45) is 0 Å². The minimum Gasteiger partial charge on any atom is -0.395 e. The molecule has 0 saturated carbocycles. The van der Waals surface area contributed by atoms with E-state index in [0.29, 0.717) is 6.54 Å². The number of fused-ring (bicyclic) bond motifs is 1. The summed E-state index contributed by atoms with van der Waals surface area (Å²) in [7, 11) is 1.57. The second-order valence-corrected chi connectivity index (χ2v) is 8.55. The number of hydrogen-bond acceptors (Lipinski definition) is 4. The van der Waals surface area contributed by atoms with Crippen LogP contribution in [0.1, 0.15) is 29.9 Å². The molecule has 1 N–H and O–H groups in total. The zero-order valence-electron chi connectivity index (χ0n) is 18.0. The highest BCUT2D eigenvalue weighted by Gasteiger charge is 2.49. The van der Waals surface area contributed by atoms with Gasteiger partial charge in [0.05, 0.1) is 6.61 Å². The van der Waals surface area contributed by atoms with E-state index in [-0.39, 0.29) is 37.1 Å². The summed E-state index contributed by atoms with van der Waals surface area (Å²) in [6.45, 7) is 4.86. The number of amides is 1. The lowest BCUT2D eigenvalue weighted by Gasteiger charge is -2.57. The van der Waals surface area contributed by atoms with E-state index in [1.165, 1.54) is 22.3 Å². The first-order valence-corrected chi connectivity index (χ1v) is 10.9. The van der Waals surface area contributed by atoms with Gasteiger partial charge in [-0.05, 0) is 43.0 Å². The van der Waals surface area contributed by atoms with Gasteiger partial charge in [0.25, 0.3) is 0 Å². The van der Waals surface area contributed by atoms with E-state index in [1.54, 1.807) is 7.11 Å². The topological polar surface area (TPSA) is 53.0 Å². The molecular weight excluding hydrogens is 376 g/mol. The van der Waals surface area contributed by atoms with Gasteiger partial charge in [-0.15, -0.1) is 0 Å². The molecule has 2 heterocycles. The molecule has 0 unspecified atom stereocenters. The van der Waals surface area contributed by atoms with Crippen LogP contribution in [0.25, 0.3) is 11.1 Å². The average molecular weight is 409 g/mol. The van der Waals surface area contributed by atoms with Gasteiger partial charge < -0.3 is 14.7 Å². The normalized spacial score (nSPS) is 24.5. The number of aliphatic hydroxyl groups excluding tert-OH is 1. The summed E-state index contributed by atoms with van der Waals surface area (Å²) in [6.07, 6.45) is 2.04. The Morgan fingerprint density at radius 3 is 2.57 bits per heavy atom. The van der Waals surface area contributed by atoms with E-state index in [9.17, 15) is 9.90 Å². The van der Waals surface area contributed by atoms with E-state index in [1.807, 2.05) is 4.90 Å². The first kappa shape index (κ1) is 21.0. The lowest BCUT2D eigenvalue weighted by molar-refractivity contribution is -0.140. The maximum absolute atomic E-state index is 12.5. The Bertz CT molecular complexity index is 867. The lowest BCUT2D eigenvalue weighted by atomic mass is 9.74. The fourth-order valence-corrected chi connectivity index (χ4v) is 5.10. The van der Waals surface area contributed by atoms with Crippen molar-refractivity contribution in [2.75, 3.05) is 40.0 Å². The van der Waals surface area contributed by atoms with E-state index in [2.05, 4.69) is 60.4 Å². The van der Waals surface area contributed by atoms with Crippen LogP contribution in [0, 0.1) is 6.92 Å². The van der Waals surface area contributed by atoms with Crippen molar-refractivity contribution in [3.05, 3.63) is 59.7 Å². The summed E-state index contributed by atoms with van der Waals surface area (Å²) in [5, 5.41) is 10.1. The molecule has 3 atom stereocenters. The van der Waals surface area contributed by atoms with Gasteiger partial charge >= 0.3 is 0 Å². The molecule has 0 spiro atoms. The minimum atomic E-state index is 0.0559. The smallest absolute Gasteiger partial charge is 0.248 e. The van der Waals surface area contributed by atoms with E-state index in [4.69, 9.17) is 4.74 Å². The second kappa shape index (κ2) is 9.29. The fraction of sp³-hybridized carbons (Fsp3) is 0.480. The van der Waals surface area contributed by atoms with Crippen LogP contribution in [0.15, 0.2) is 48.5 Å². The van der Waals surface area contributed by atoms with Crippen LogP contribution in [0.3, 0.4) is 0 Å². The monoisotopic (exact) mass is 408 g/mol. The number of carbonyl (C=O) groups is 1. The molecule has 1 amide bonds. The predicted molar refractivity (Wildman–Crippen MR) is 118 cm³/mol. The maximum atomic E-state index is 12.5. The Kier molecular flexibility index (Phi) is 6.52. The molecule has 2 aliphatic rings. The van der Waals surface area contributed by atoms with Gasteiger partial charge in [-0.3, -0.25) is 9.69 Å². The molecule has 2 aromatic rings. The van der Waals surface area contributed by atoms with Gasteiger partial charge in [-0.25, -0.2) is 0 Å². The van der Waals surface area contributed by atoms with Crippen LogP contribution in [0.2, 0.25) is 0 Å². The Morgan fingerprint density at radius 2 is 1.87 bits per heavy atom. The number of aryl methyl sites for hydroxylation is 1. The summed E-state index contributed by atoms with van der Waals surface area (Å²) in [5.41, 5.74) is 4.92. The molecule has 4 rings (SSSR count). The number of carbonyl (C=O) groups excluding carboxylic acids is 1. The Labute approximate surface area is 179 Å². The summed E-state index contributed by atoms with van der Waals surface area (Å²) < 4.78 is 5.08. The predicted octanol–water partition coefficient (Wildman–Crippen LogP) is 3.06. The van der Waals surface area contributed by atoms with Crippen LogP contribution >= 0.6 is 0 Å². The quantitative estimate of drug-likeness (QED) is 0.826. The van der Waals surface area contributed by atoms with E-state index < -0.39 is 0 Å². The third-order valence-corrected chi connectivity index (χ3v) is 6.64. The average Bonchev–Trinajstić information content (AvgIpc) is 2.73. The molecule has 160 valence electrons. The van der Waals surface area contributed by atoms with Crippen LogP contribution in [-0.4, -0.2) is 72.9 Å². The molecule has 5 heteroatoms. The second-order valence-electron chi connectivity index (χ2n) is 8.55. The number of methoxy groups -OCH3 is 1. The fourth-order valence-electron chi connectivity index (χ4n) is 5.10. The SMILES string of the molecule is COCC(=O)N1CCCCN2[C@H](C1)[C@H](c1ccc(-c3cccc(C)c3)cc1)[C@@H]2CO. The number of nitrogens with zero attached hydrogens (tertiary/aromatic N) is 2. The van der Waals surface area contributed by atoms with Gasteiger partial charge in [0, 0.05) is 38.2 Å². The Morgan fingerprint density at radius 1 is 1.10 bits per heavy atom. The summed E-state index contributed by atoms with van der Waals surface area (Å²) in [6, 6.07) is 17.6. The van der Waals surface area contributed by atoms with Crippen molar-refractivity contribution in [2.45, 2.75) is 37.8 Å². The van der Waals surface area contributed by atoms with Gasteiger partial charge in [-0.1, -0.05) is 54.1 Å². The van der Waals surface area contributed by atoms with Crippen molar-refractivity contribution in [3.63, 3.8) is 0 Å². The molecule has 30 heavy (non-hydrogen) atoms. The highest BCUT2D eigenvalue weighted by atomic mass is 16.5. The van der Waals surface area contributed by atoms with E-state index in [0.717, 1.165) is 25.9 Å². The maximum Gasteiger partial charge on any atom is 0.248 e. The minimum absolute atomic E-state index is 0.0559. The summed E-state index contributed by atoms with van der Waals surface area (Å²) in [5.74, 6) is 0.290. The Hall–Kier alpha value is -2.21. The zero-order chi connectivity index (χ0) is 21.1. The van der Waals surface area contributed by atoms with Crippen molar-refractivity contribution in [3.8, 4) is 11.1 Å². The lowest BCUT2D eigenvalue weighted by Crippen LogP contribution is -2.68. The standard InChI is InChI=1S/C25H32N2O3/c1-18-6-5-7-21(14-18)19-8-10-20(11-9-19)25-22-15-26(24(29)17-30-2)12-3-4-13-27(22)23(25)16-28/h5-11,14,22-23,25,28H,3-4,12-13,15-17H2,1-2H3/t22-,23+,25+/m1/s1. The van der Waals surface area contributed by atoms with Gasteiger partial charge in [0.2, 0.25) is 5.91 Å². The van der Waals surface area contributed by atoms with Gasteiger partial charge in [-0.2, -0.15) is 0 Å².